The minimum absolute atomic E-state index is 0.116. The van der Waals surface area contributed by atoms with E-state index in [4.69, 9.17) is 0 Å². The van der Waals surface area contributed by atoms with Gasteiger partial charge in [-0.1, -0.05) is 0 Å². The molecular weight excluding hydrogens is 336 g/mol. The molecule has 0 radical (unpaired) electrons. The lowest BCUT2D eigenvalue weighted by atomic mass is 10.3. The minimum Gasteiger partial charge on any atom is -0.367 e. The lowest BCUT2D eigenvalue weighted by molar-refractivity contribution is 0.103. The van der Waals surface area contributed by atoms with E-state index in [0.717, 1.165) is 30.2 Å². The van der Waals surface area contributed by atoms with E-state index < -0.39 is 0 Å². The monoisotopic (exact) mass is 354 g/mol. The van der Waals surface area contributed by atoms with E-state index in [1.54, 1.807) is 17.1 Å². The number of nitrogens with one attached hydrogen (secondary N) is 1. The Kier molecular flexibility index (Phi) is 4.19. The standard InChI is InChI=1S/C17H18N6OS/c1-12-4-7-25-15(12)17(24)21-13-8-20-23(10-13)16-14(9-18-11-19-16)22-5-2-3-6-22/h4,7-11H,2-3,5-6H2,1H3,(H,21,24). The second-order valence-corrected chi connectivity index (χ2v) is 6.90. The number of carbonyl (C=O) groups excluding carboxylic acids is 1. The first-order valence-corrected chi connectivity index (χ1v) is 9.06. The molecule has 4 heterocycles. The molecule has 0 saturated carbocycles. The first-order chi connectivity index (χ1) is 12.2. The maximum Gasteiger partial charge on any atom is 0.266 e. The molecular formula is C17H18N6OS. The lowest BCUT2D eigenvalue weighted by Crippen LogP contribution is -2.20. The molecule has 7 nitrogen and oxygen atoms in total. The highest BCUT2D eigenvalue weighted by Gasteiger charge is 2.19. The van der Waals surface area contributed by atoms with Crippen LogP contribution in [0.1, 0.15) is 28.1 Å². The second kappa shape index (κ2) is 6.64. The SMILES string of the molecule is Cc1ccsc1C(=O)Nc1cnn(-c2ncncc2N2CCCC2)c1. The molecule has 1 aliphatic rings. The molecule has 0 atom stereocenters. The molecule has 128 valence electrons. The van der Waals surface area contributed by atoms with Gasteiger partial charge in [0.1, 0.15) is 12.0 Å². The summed E-state index contributed by atoms with van der Waals surface area (Å²) in [5.74, 6) is 0.610. The fourth-order valence-electron chi connectivity index (χ4n) is 2.97. The van der Waals surface area contributed by atoms with Crippen molar-refractivity contribution in [1.82, 2.24) is 19.7 Å². The van der Waals surface area contributed by atoms with Crippen LogP contribution in [-0.4, -0.2) is 38.7 Å². The number of hydrogen-bond acceptors (Lipinski definition) is 6. The van der Waals surface area contributed by atoms with E-state index >= 15 is 0 Å². The summed E-state index contributed by atoms with van der Waals surface area (Å²) < 4.78 is 1.69. The molecule has 0 aliphatic carbocycles. The Bertz CT molecular complexity index is 896. The van der Waals surface area contributed by atoms with E-state index in [2.05, 4.69) is 25.3 Å². The number of nitrogens with zero attached hydrogens (tertiary/aromatic N) is 5. The Hall–Kier alpha value is -2.74. The lowest BCUT2D eigenvalue weighted by Gasteiger charge is -2.19. The second-order valence-electron chi connectivity index (χ2n) is 5.99. The number of thiophene rings is 1. The van der Waals surface area contributed by atoms with Crippen molar-refractivity contribution in [2.24, 2.45) is 0 Å². The molecule has 3 aromatic rings. The van der Waals surface area contributed by atoms with E-state index in [0.29, 0.717) is 10.6 Å². The number of amides is 1. The first-order valence-electron chi connectivity index (χ1n) is 8.18. The maximum atomic E-state index is 12.3. The molecule has 4 rings (SSSR count). The average Bonchev–Trinajstić information content (AvgIpc) is 3.36. The first kappa shape index (κ1) is 15.8. The van der Waals surface area contributed by atoms with Gasteiger partial charge >= 0.3 is 0 Å². The summed E-state index contributed by atoms with van der Waals surface area (Å²) in [5.41, 5.74) is 2.58. The molecule has 0 bridgehead atoms. The average molecular weight is 354 g/mol. The van der Waals surface area contributed by atoms with Crippen LogP contribution >= 0.6 is 11.3 Å². The summed E-state index contributed by atoms with van der Waals surface area (Å²) in [6.45, 7) is 3.93. The van der Waals surface area contributed by atoms with Crippen molar-refractivity contribution in [3.63, 3.8) is 0 Å². The highest BCUT2D eigenvalue weighted by molar-refractivity contribution is 7.12. The van der Waals surface area contributed by atoms with Crippen molar-refractivity contribution in [2.75, 3.05) is 23.3 Å². The van der Waals surface area contributed by atoms with Crippen molar-refractivity contribution in [3.8, 4) is 5.82 Å². The fraction of sp³-hybridized carbons (Fsp3) is 0.294. The molecule has 1 fully saturated rings. The minimum atomic E-state index is -0.116. The van der Waals surface area contributed by atoms with E-state index in [-0.39, 0.29) is 5.91 Å². The van der Waals surface area contributed by atoms with Crippen LogP contribution in [0.5, 0.6) is 0 Å². The summed E-state index contributed by atoms with van der Waals surface area (Å²) >= 11 is 1.43. The molecule has 0 unspecified atom stereocenters. The van der Waals surface area contributed by atoms with Gasteiger partial charge in [0, 0.05) is 13.1 Å². The Labute approximate surface area is 149 Å². The van der Waals surface area contributed by atoms with Gasteiger partial charge in [-0.2, -0.15) is 5.10 Å². The molecule has 0 aromatic carbocycles. The number of rotatable bonds is 4. The van der Waals surface area contributed by atoms with Crippen molar-refractivity contribution in [3.05, 3.63) is 46.8 Å². The third kappa shape index (κ3) is 3.12. The van der Waals surface area contributed by atoms with Crippen LogP contribution in [0.15, 0.2) is 36.4 Å². The number of carbonyl (C=O) groups is 1. The third-order valence-corrected chi connectivity index (χ3v) is 5.26. The van der Waals surface area contributed by atoms with Crippen LogP contribution in [0.3, 0.4) is 0 Å². The van der Waals surface area contributed by atoms with Crippen LogP contribution in [-0.2, 0) is 0 Å². The van der Waals surface area contributed by atoms with E-state index in [9.17, 15) is 4.79 Å². The Morgan fingerprint density at radius 2 is 2.12 bits per heavy atom. The maximum absolute atomic E-state index is 12.3. The molecule has 1 amide bonds. The van der Waals surface area contributed by atoms with Gasteiger partial charge in [-0.15, -0.1) is 11.3 Å². The Morgan fingerprint density at radius 3 is 2.88 bits per heavy atom. The summed E-state index contributed by atoms with van der Waals surface area (Å²) in [6, 6.07) is 1.94. The van der Waals surface area contributed by atoms with Crippen LogP contribution < -0.4 is 10.2 Å². The largest absolute Gasteiger partial charge is 0.367 e. The van der Waals surface area contributed by atoms with E-state index in [1.807, 2.05) is 24.6 Å². The summed E-state index contributed by atoms with van der Waals surface area (Å²) in [5, 5.41) is 9.17. The zero-order chi connectivity index (χ0) is 17.2. The van der Waals surface area contributed by atoms with E-state index in [1.165, 1.54) is 30.5 Å². The van der Waals surface area contributed by atoms with Gasteiger partial charge in [0.05, 0.1) is 29.2 Å². The molecule has 1 aliphatic heterocycles. The highest BCUT2D eigenvalue weighted by atomic mass is 32.1. The molecule has 0 spiro atoms. The van der Waals surface area contributed by atoms with Crippen molar-refractivity contribution < 1.29 is 4.79 Å². The van der Waals surface area contributed by atoms with Gasteiger partial charge in [0.2, 0.25) is 0 Å². The van der Waals surface area contributed by atoms with Gasteiger partial charge in [-0.25, -0.2) is 14.6 Å². The molecule has 3 aromatic heterocycles. The molecule has 1 saturated heterocycles. The van der Waals surface area contributed by atoms with Gasteiger partial charge in [0.25, 0.3) is 5.91 Å². The zero-order valence-electron chi connectivity index (χ0n) is 13.8. The normalized spacial score (nSPS) is 14.0. The Balaban J connectivity index is 1.58. The predicted molar refractivity (Wildman–Crippen MR) is 97.6 cm³/mol. The number of anilines is 2. The van der Waals surface area contributed by atoms with Gasteiger partial charge in [-0.05, 0) is 36.8 Å². The molecule has 25 heavy (non-hydrogen) atoms. The van der Waals surface area contributed by atoms with Crippen LogP contribution in [0, 0.1) is 6.92 Å². The predicted octanol–water partition coefficient (Wildman–Crippen LogP) is 2.88. The van der Waals surface area contributed by atoms with Crippen molar-refractivity contribution in [2.45, 2.75) is 19.8 Å². The summed E-state index contributed by atoms with van der Waals surface area (Å²) in [7, 11) is 0. The fourth-order valence-corrected chi connectivity index (χ4v) is 3.79. The summed E-state index contributed by atoms with van der Waals surface area (Å²) in [4.78, 5) is 23.9. The number of aromatic nitrogens is 4. The topological polar surface area (TPSA) is 75.9 Å². The zero-order valence-corrected chi connectivity index (χ0v) is 14.7. The highest BCUT2D eigenvalue weighted by Crippen LogP contribution is 2.25. The van der Waals surface area contributed by atoms with Crippen LogP contribution in [0.4, 0.5) is 11.4 Å². The smallest absolute Gasteiger partial charge is 0.266 e. The van der Waals surface area contributed by atoms with Crippen LogP contribution in [0.25, 0.3) is 5.82 Å². The third-order valence-electron chi connectivity index (χ3n) is 4.25. The number of aryl methyl sites for hydroxylation is 1. The molecule has 8 heteroatoms. The number of hydrogen-bond donors (Lipinski definition) is 1. The van der Waals surface area contributed by atoms with Crippen molar-refractivity contribution >= 4 is 28.6 Å². The van der Waals surface area contributed by atoms with Gasteiger partial charge in [0.15, 0.2) is 5.82 Å². The van der Waals surface area contributed by atoms with Gasteiger partial charge in [-0.3, -0.25) is 4.79 Å². The summed E-state index contributed by atoms with van der Waals surface area (Å²) in [6.07, 6.45) is 9.11. The Morgan fingerprint density at radius 1 is 1.28 bits per heavy atom. The molecule has 1 N–H and O–H groups in total. The quantitative estimate of drug-likeness (QED) is 0.780. The van der Waals surface area contributed by atoms with Crippen molar-refractivity contribution in [1.29, 1.82) is 0 Å². The van der Waals surface area contributed by atoms with Crippen LogP contribution in [0.2, 0.25) is 0 Å². The van der Waals surface area contributed by atoms with Gasteiger partial charge < -0.3 is 10.2 Å².